The van der Waals surface area contributed by atoms with E-state index in [0.717, 1.165) is 31.2 Å². The number of nitrogens with two attached hydrogens (primary N) is 1. The highest BCUT2D eigenvalue weighted by molar-refractivity contribution is 4.94. The molecule has 0 bridgehead atoms. The largest absolute Gasteiger partial charge is 0.444 e. The average Bonchev–Trinajstić information content (AvgIpc) is 2.67. The summed E-state index contributed by atoms with van der Waals surface area (Å²) in [5.74, 6) is 2.29. The van der Waals surface area contributed by atoms with E-state index in [2.05, 4.69) is 10.3 Å². The number of hydrogen-bond acceptors (Lipinski definition) is 4. The minimum atomic E-state index is 0.440. The minimum absolute atomic E-state index is 0.440. The Balaban J connectivity index is 1.89. The Morgan fingerprint density at radius 3 is 3.21 bits per heavy atom. The van der Waals surface area contributed by atoms with Crippen molar-refractivity contribution in [1.29, 1.82) is 0 Å². The number of piperidine rings is 1. The molecule has 0 amide bonds. The molecule has 0 saturated carbocycles. The summed E-state index contributed by atoms with van der Waals surface area (Å²) >= 11 is 0. The molecular weight excluding hydrogens is 178 g/mol. The summed E-state index contributed by atoms with van der Waals surface area (Å²) in [5.41, 5.74) is 5.45. The Morgan fingerprint density at radius 1 is 1.64 bits per heavy atom. The SMILES string of the molecule is NCc1cnc(CC2CCCNC2)o1. The first kappa shape index (κ1) is 9.68. The van der Waals surface area contributed by atoms with Crippen LogP contribution in [0.15, 0.2) is 10.6 Å². The molecular formula is C10H17N3O. The van der Waals surface area contributed by atoms with E-state index >= 15 is 0 Å². The van der Waals surface area contributed by atoms with E-state index < -0.39 is 0 Å². The second kappa shape index (κ2) is 4.57. The molecule has 78 valence electrons. The Bertz CT molecular complexity index is 279. The Kier molecular flexibility index (Phi) is 3.16. The number of oxazole rings is 1. The zero-order chi connectivity index (χ0) is 9.80. The third kappa shape index (κ3) is 2.33. The second-order valence-electron chi connectivity index (χ2n) is 3.84. The maximum Gasteiger partial charge on any atom is 0.194 e. The fraction of sp³-hybridized carbons (Fsp3) is 0.700. The summed E-state index contributed by atoms with van der Waals surface area (Å²) in [6, 6.07) is 0. The molecule has 3 N–H and O–H groups in total. The number of nitrogens with one attached hydrogen (secondary N) is 1. The van der Waals surface area contributed by atoms with E-state index in [1.807, 2.05) is 0 Å². The van der Waals surface area contributed by atoms with Crippen LogP contribution in [-0.2, 0) is 13.0 Å². The van der Waals surface area contributed by atoms with Gasteiger partial charge >= 0.3 is 0 Å². The predicted octanol–water partition coefficient (Wildman–Crippen LogP) is 0.675. The van der Waals surface area contributed by atoms with E-state index in [-0.39, 0.29) is 0 Å². The molecule has 1 aliphatic rings. The number of hydrogen-bond donors (Lipinski definition) is 2. The highest BCUT2D eigenvalue weighted by Crippen LogP contribution is 2.16. The van der Waals surface area contributed by atoms with Crippen LogP contribution in [0.2, 0.25) is 0 Å². The van der Waals surface area contributed by atoms with Gasteiger partial charge in [-0.05, 0) is 31.8 Å². The lowest BCUT2D eigenvalue weighted by Gasteiger charge is -2.21. The molecule has 1 fully saturated rings. The summed E-state index contributed by atoms with van der Waals surface area (Å²) in [5, 5.41) is 3.38. The maximum atomic E-state index is 5.47. The lowest BCUT2D eigenvalue weighted by molar-refractivity contribution is 0.339. The quantitative estimate of drug-likeness (QED) is 0.744. The van der Waals surface area contributed by atoms with Crippen molar-refractivity contribution in [1.82, 2.24) is 10.3 Å². The highest BCUT2D eigenvalue weighted by Gasteiger charge is 2.15. The van der Waals surface area contributed by atoms with E-state index in [0.29, 0.717) is 12.5 Å². The maximum absolute atomic E-state index is 5.47. The van der Waals surface area contributed by atoms with E-state index in [1.54, 1.807) is 6.20 Å². The summed E-state index contributed by atoms with van der Waals surface area (Å²) in [7, 11) is 0. The number of rotatable bonds is 3. The van der Waals surface area contributed by atoms with Crippen molar-refractivity contribution in [2.75, 3.05) is 13.1 Å². The first-order valence-corrected chi connectivity index (χ1v) is 5.23. The van der Waals surface area contributed by atoms with Gasteiger partial charge in [-0.1, -0.05) is 0 Å². The standard InChI is InChI=1S/C10H17N3O/c11-5-9-7-13-10(14-9)4-8-2-1-3-12-6-8/h7-8,12H,1-6,11H2. The van der Waals surface area contributed by atoms with E-state index in [1.165, 1.54) is 12.8 Å². The molecule has 2 heterocycles. The van der Waals surface area contributed by atoms with Crippen LogP contribution in [0.4, 0.5) is 0 Å². The van der Waals surface area contributed by atoms with Crippen molar-refractivity contribution < 1.29 is 4.42 Å². The van der Waals surface area contributed by atoms with Crippen LogP contribution in [0.25, 0.3) is 0 Å². The van der Waals surface area contributed by atoms with E-state index in [9.17, 15) is 0 Å². The van der Waals surface area contributed by atoms with Crippen LogP contribution >= 0.6 is 0 Å². The van der Waals surface area contributed by atoms with Crippen LogP contribution in [0.3, 0.4) is 0 Å². The molecule has 14 heavy (non-hydrogen) atoms. The molecule has 1 aromatic rings. The lowest BCUT2D eigenvalue weighted by atomic mass is 9.96. The van der Waals surface area contributed by atoms with Crippen LogP contribution in [0.5, 0.6) is 0 Å². The van der Waals surface area contributed by atoms with Gasteiger partial charge < -0.3 is 15.5 Å². The summed E-state index contributed by atoms with van der Waals surface area (Å²) in [6.45, 7) is 2.67. The van der Waals surface area contributed by atoms with Gasteiger partial charge in [0.05, 0.1) is 12.7 Å². The second-order valence-corrected chi connectivity index (χ2v) is 3.84. The summed E-state index contributed by atoms with van der Waals surface area (Å²) < 4.78 is 5.47. The predicted molar refractivity (Wildman–Crippen MR) is 53.7 cm³/mol. The van der Waals surface area contributed by atoms with Gasteiger partial charge in [0.25, 0.3) is 0 Å². The Hall–Kier alpha value is -0.870. The lowest BCUT2D eigenvalue weighted by Crippen LogP contribution is -2.30. The molecule has 1 saturated heterocycles. The van der Waals surface area contributed by atoms with Crippen LogP contribution < -0.4 is 11.1 Å². The van der Waals surface area contributed by atoms with Gasteiger partial charge in [-0.2, -0.15) is 0 Å². The fourth-order valence-corrected chi connectivity index (χ4v) is 1.88. The molecule has 4 nitrogen and oxygen atoms in total. The van der Waals surface area contributed by atoms with Crippen molar-refractivity contribution in [2.24, 2.45) is 11.7 Å². The Labute approximate surface area is 83.9 Å². The van der Waals surface area contributed by atoms with E-state index in [4.69, 9.17) is 10.2 Å². The third-order valence-electron chi connectivity index (χ3n) is 2.66. The molecule has 0 aromatic carbocycles. The zero-order valence-corrected chi connectivity index (χ0v) is 8.33. The summed E-state index contributed by atoms with van der Waals surface area (Å²) in [4.78, 5) is 4.21. The molecule has 1 aromatic heterocycles. The molecule has 0 spiro atoms. The van der Waals surface area contributed by atoms with Crippen LogP contribution in [0.1, 0.15) is 24.5 Å². The van der Waals surface area contributed by atoms with Crippen molar-refractivity contribution in [3.63, 3.8) is 0 Å². The van der Waals surface area contributed by atoms with Gasteiger partial charge in [0.2, 0.25) is 0 Å². The van der Waals surface area contributed by atoms with Crippen LogP contribution in [-0.4, -0.2) is 18.1 Å². The van der Waals surface area contributed by atoms with Crippen molar-refractivity contribution >= 4 is 0 Å². The summed E-state index contributed by atoms with van der Waals surface area (Å²) in [6.07, 6.45) is 5.20. The van der Waals surface area contributed by atoms with Crippen molar-refractivity contribution in [2.45, 2.75) is 25.8 Å². The molecule has 0 radical (unpaired) electrons. The molecule has 2 rings (SSSR count). The fourth-order valence-electron chi connectivity index (χ4n) is 1.88. The highest BCUT2D eigenvalue weighted by atomic mass is 16.4. The molecule has 1 unspecified atom stereocenters. The van der Waals surface area contributed by atoms with Crippen molar-refractivity contribution in [3.05, 3.63) is 17.8 Å². The average molecular weight is 195 g/mol. The normalized spacial score (nSPS) is 22.5. The molecule has 4 heteroatoms. The molecule has 1 atom stereocenters. The number of aromatic nitrogens is 1. The number of nitrogens with zero attached hydrogens (tertiary/aromatic N) is 1. The minimum Gasteiger partial charge on any atom is -0.444 e. The third-order valence-corrected chi connectivity index (χ3v) is 2.66. The van der Waals surface area contributed by atoms with Gasteiger partial charge in [-0.15, -0.1) is 0 Å². The van der Waals surface area contributed by atoms with Gasteiger partial charge in [0.1, 0.15) is 5.76 Å². The topological polar surface area (TPSA) is 64.1 Å². The first-order chi connectivity index (χ1) is 6.88. The zero-order valence-electron chi connectivity index (χ0n) is 8.33. The monoisotopic (exact) mass is 195 g/mol. The van der Waals surface area contributed by atoms with Gasteiger partial charge in [0.15, 0.2) is 5.89 Å². The van der Waals surface area contributed by atoms with Gasteiger partial charge in [0, 0.05) is 6.42 Å². The van der Waals surface area contributed by atoms with Gasteiger partial charge in [-0.3, -0.25) is 0 Å². The molecule has 1 aliphatic heterocycles. The first-order valence-electron chi connectivity index (χ1n) is 5.23. The molecule has 0 aliphatic carbocycles. The van der Waals surface area contributed by atoms with Crippen LogP contribution in [0, 0.1) is 5.92 Å². The smallest absolute Gasteiger partial charge is 0.194 e. The van der Waals surface area contributed by atoms with Crippen molar-refractivity contribution in [3.8, 4) is 0 Å². The Morgan fingerprint density at radius 2 is 2.57 bits per heavy atom. The van der Waals surface area contributed by atoms with Gasteiger partial charge in [-0.25, -0.2) is 4.98 Å².